The van der Waals surface area contributed by atoms with Gasteiger partial charge in [-0.2, -0.15) is 0 Å². The first kappa shape index (κ1) is 10.5. The number of fused-ring (bicyclic) bond motifs is 1. The molecule has 1 aliphatic carbocycles. The third-order valence-corrected chi connectivity index (χ3v) is 4.03. The van der Waals surface area contributed by atoms with Gasteiger partial charge in [-0.15, -0.1) is 11.3 Å². The van der Waals surface area contributed by atoms with Gasteiger partial charge in [0.2, 0.25) is 0 Å². The number of nitrogens with zero attached hydrogens (tertiary/aromatic N) is 1. The lowest BCUT2D eigenvalue weighted by molar-refractivity contribution is 0.0594. The van der Waals surface area contributed by atoms with Crippen LogP contribution in [0.1, 0.15) is 32.5 Å². The summed E-state index contributed by atoms with van der Waals surface area (Å²) < 4.78 is 4.66. The van der Waals surface area contributed by atoms with Gasteiger partial charge in [0, 0.05) is 11.3 Å². The average molecular weight is 245 g/mol. The molecule has 86 valence electrons. The molecule has 1 aliphatic rings. The van der Waals surface area contributed by atoms with Crippen LogP contribution < -0.4 is 0 Å². The van der Waals surface area contributed by atoms with Gasteiger partial charge in [0.1, 0.15) is 5.01 Å². The molecule has 1 unspecified atom stereocenters. The standard InChI is InChI=1S/C13H11NO2S/c1-16-13(15)11-7-17-12(14-11)10-6-8-4-2-3-5-9(8)10/h2-5,7,10H,6H2,1H3. The second-order valence-corrected chi connectivity index (χ2v) is 4.91. The number of esters is 1. The van der Waals surface area contributed by atoms with Crippen LogP contribution in [0.25, 0.3) is 0 Å². The second-order valence-electron chi connectivity index (χ2n) is 4.02. The van der Waals surface area contributed by atoms with Crippen molar-refractivity contribution >= 4 is 17.3 Å². The maximum Gasteiger partial charge on any atom is 0.357 e. The van der Waals surface area contributed by atoms with Crippen LogP contribution in [-0.2, 0) is 11.2 Å². The third kappa shape index (κ3) is 1.65. The SMILES string of the molecule is COC(=O)c1csc(C2Cc3ccccc32)n1. The van der Waals surface area contributed by atoms with Gasteiger partial charge in [0.05, 0.1) is 7.11 Å². The Labute approximate surface area is 103 Å². The van der Waals surface area contributed by atoms with E-state index in [-0.39, 0.29) is 5.97 Å². The zero-order valence-corrected chi connectivity index (χ0v) is 10.2. The van der Waals surface area contributed by atoms with Gasteiger partial charge >= 0.3 is 5.97 Å². The number of rotatable bonds is 2. The molecule has 0 saturated heterocycles. The molecule has 0 amide bonds. The summed E-state index contributed by atoms with van der Waals surface area (Å²) in [5, 5.41) is 2.77. The number of hydrogen-bond donors (Lipinski definition) is 0. The van der Waals surface area contributed by atoms with Crippen LogP contribution in [0.3, 0.4) is 0 Å². The molecule has 0 fully saturated rings. The molecule has 0 radical (unpaired) electrons. The average Bonchev–Trinajstić information content (AvgIpc) is 2.79. The number of benzene rings is 1. The van der Waals surface area contributed by atoms with Crippen molar-refractivity contribution in [3.05, 3.63) is 51.5 Å². The monoisotopic (exact) mass is 245 g/mol. The summed E-state index contributed by atoms with van der Waals surface area (Å²) in [5.41, 5.74) is 3.13. The molecule has 0 bridgehead atoms. The Morgan fingerprint density at radius 3 is 3.06 bits per heavy atom. The Bertz CT molecular complexity index is 576. The normalized spacial score (nSPS) is 17.1. The van der Waals surface area contributed by atoms with E-state index >= 15 is 0 Å². The van der Waals surface area contributed by atoms with Gasteiger partial charge in [0.25, 0.3) is 0 Å². The van der Waals surface area contributed by atoms with E-state index in [2.05, 4.69) is 27.9 Å². The number of carbonyl (C=O) groups is 1. The first-order chi connectivity index (χ1) is 8.29. The molecule has 1 aromatic heterocycles. The van der Waals surface area contributed by atoms with Crippen molar-refractivity contribution in [3.63, 3.8) is 0 Å². The van der Waals surface area contributed by atoms with E-state index in [1.807, 2.05) is 6.07 Å². The molecule has 1 atom stereocenters. The fraction of sp³-hybridized carbons (Fsp3) is 0.231. The van der Waals surface area contributed by atoms with Crippen molar-refractivity contribution in [3.8, 4) is 0 Å². The van der Waals surface area contributed by atoms with E-state index in [1.165, 1.54) is 29.6 Å². The second kappa shape index (κ2) is 3.96. The first-order valence-corrected chi connectivity index (χ1v) is 6.29. The van der Waals surface area contributed by atoms with Crippen molar-refractivity contribution in [2.45, 2.75) is 12.3 Å². The number of thiazole rings is 1. The van der Waals surface area contributed by atoms with E-state index in [4.69, 9.17) is 0 Å². The Hall–Kier alpha value is -1.68. The van der Waals surface area contributed by atoms with Gasteiger partial charge < -0.3 is 4.74 Å². The van der Waals surface area contributed by atoms with Gasteiger partial charge in [-0.25, -0.2) is 9.78 Å². The molecule has 0 N–H and O–H groups in total. The third-order valence-electron chi connectivity index (χ3n) is 3.07. The van der Waals surface area contributed by atoms with Gasteiger partial charge in [-0.3, -0.25) is 0 Å². The minimum absolute atomic E-state index is 0.356. The number of ether oxygens (including phenoxy) is 1. The van der Waals surface area contributed by atoms with Crippen LogP contribution in [-0.4, -0.2) is 18.1 Å². The number of hydrogen-bond acceptors (Lipinski definition) is 4. The highest BCUT2D eigenvalue weighted by Gasteiger charge is 2.29. The summed E-state index contributed by atoms with van der Waals surface area (Å²) in [5.74, 6) is -0.00489. The molecule has 0 spiro atoms. The molecule has 0 aliphatic heterocycles. The number of methoxy groups -OCH3 is 1. The summed E-state index contributed by atoms with van der Waals surface area (Å²) in [6.45, 7) is 0. The Morgan fingerprint density at radius 2 is 2.29 bits per heavy atom. The fourth-order valence-electron chi connectivity index (χ4n) is 2.13. The number of aromatic nitrogens is 1. The Morgan fingerprint density at radius 1 is 1.47 bits per heavy atom. The lowest BCUT2D eigenvalue weighted by atomic mass is 9.78. The van der Waals surface area contributed by atoms with Gasteiger partial charge in [-0.05, 0) is 17.5 Å². The van der Waals surface area contributed by atoms with E-state index in [9.17, 15) is 4.79 Å². The summed E-state index contributed by atoms with van der Waals surface area (Å²) >= 11 is 1.53. The Kier molecular flexibility index (Phi) is 2.44. The molecule has 1 aromatic carbocycles. The number of carbonyl (C=O) groups excluding carboxylic acids is 1. The minimum Gasteiger partial charge on any atom is -0.464 e. The quantitative estimate of drug-likeness (QED) is 0.763. The summed E-state index contributed by atoms with van der Waals surface area (Å²) in [6.07, 6.45) is 1.02. The highest BCUT2D eigenvalue weighted by Crippen LogP contribution is 2.40. The lowest BCUT2D eigenvalue weighted by Gasteiger charge is -2.28. The topological polar surface area (TPSA) is 39.2 Å². The van der Waals surface area contributed by atoms with Gasteiger partial charge in [-0.1, -0.05) is 24.3 Å². The van der Waals surface area contributed by atoms with Crippen molar-refractivity contribution < 1.29 is 9.53 Å². The maximum atomic E-state index is 11.3. The minimum atomic E-state index is -0.361. The van der Waals surface area contributed by atoms with E-state index < -0.39 is 0 Å². The summed E-state index contributed by atoms with van der Waals surface area (Å²) in [4.78, 5) is 15.7. The van der Waals surface area contributed by atoms with E-state index in [0.717, 1.165) is 11.4 Å². The molecule has 3 rings (SSSR count). The zero-order chi connectivity index (χ0) is 11.8. The predicted octanol–water partition coefficient (Wildman–Crippen LogP) is 2.62. The van der Waals surface area contributed by atoms with Crippen LogP contribution in [0.2, 0.25) is 0 Å². The molecule has 4 heteroatoms. The van der Waals surface area contributed by atoms with Crippen molar-refractivity contribution in [1.29, 1.82) is 0 Å². The van der Waals surface area contributed by atoms with Crippen molar-refractivity contribution in [1.82, 2.24) is 4.98 Å². The molecule has 3 nitrogen and oxygen atoms in total. The predicted molar refractivity (Wildman–Crippen MR) is 65.4 cm³/mol. The molecule has 2 aromatic rings. The van der Waals surface area contributed by atoms with Crippen LogP contribution in [0, 0.1) is 0 Å². The fourth-order valence-corrected chi connectivity index (χ4v) is 3.03. The molecule has 0 saturated carbocycles. The highest BCUT2D eigenvalue weighted by molar-refractivity contribution is 7.10. The van der Waals surface area contributed by atoms with Gasteiger partial charge in [0.15, 0.2) is 5.69 Å². The summed E-state index contributed by atoms with van der Waals surface area (Å²) in [7, 11) is 1.38. The van der Waals surface area contributed by atoms with Crippen LogP contribution in [0.4, 0.5) is 0 Å². The van der Waals surface area contributed by atoms with Crippen molar-refractivity contribution in [2.75, 3.05) is 7.11 Å². The largest absolute Gasteiger partial charge is 0.464 e. The highest BCUT2D eigenvalue weighted by atomic mass is 32.1. The van der Waals surface area contributed by atoms with Crippen LogP contribution in [0.5, 0.6) is 0 Å². The van der Waals surface area contributed by atoms with Crippen molar-refractivity contribution in [2.24, 2.45) is 0 Å². The Balaban J connectivity index is 1.88. The summed E-state index contributed by atoms with van der Waals surface area (Å²) in [6, 6.07) is 8.36. The molecular weight excluding hydrogens is 234 g/mol. The smallest absolute Gasteiger partial charge is 0.357 e. The first-order valence-electron chi connectivity index (χ1n) is 5.41. The lowest BCUT2D eigenvalue weighted by Crippen LogP contribution is -2.18. The van der Waals surface area contributed by atoms with Crippen LogP contribution in [0.15, 0.2) is 29.6 Å². The van der Waals surface area contributed by atoms with E-state index in [1.54, 1.807) is 5.38 Å². The zero-order valence-electron chi connectivity index (χ0n) is 9.34. The molecule has 1 heterocycles. The van der Waals surface area contributed by atoms with E-state index in [0.29, 0.717) is 11.6 Å². The molecular formula is C13H11NO2S. The maximum absolute atomic E-state index is 11.3. The van der Waals surface area contributed by atoms with Crippen LogP contribution >= 0.6 is 11.3 Å². The molecule has 17 heavy (non-hydrogen) atoms.